The molecule has 1 aromatic carbocycles. The molecule has 5 atom stereocenters. The highest BCUT2D eigenvalue weighted by Gasteiger charge is 2.41. The standard InChI is InChI=1S/C16H23ClFNO/c1-9-10(2)20-11(3)16(9)15(19-4)8-12-7-13(17)5-6-14(12)18/h5-7,9-11,15-16,19H,8H2,1-4H3. The molecule has 1 aliphatic rings. The number of rotatable bonds is 4. The van der Waals surface area contributed by atoms with Crippen LogP contribution in [0.5, 0.6) is 0 Å². The first-order valence-corrected chi connectivity index (χ1v) is 7.58. The lowest BCUT2D eigenvalue weighted by Crippen LogP contribution is -2.41. The highest BCUT2D eigenvalue weighted by atomic mass is 35.5. The Kier molecular flexibility index (Phi) is 5.05. The predicted octanol–water partition coefficient (Wildman–Crippen LogP) is 3.67. The maximum atomic E-state index is 13.9. The summed E-state index contributed by atoms with van der Waals surface area (Å²) in [6.45, 7) is 6.41. The second-order valence-corrected chi connectivity index (χ2v) is 6.25. The molecule has 0 aliphatic carbocycles. The molecule has 4 heteroatoms. The van der Waals surface area contributed by atoms with Crippen LogP contribution in [0.4, 0.5) is 4.39 Å². The van der Waals surface area contributed by atoms with Gasteiger partial charge in [0.1, 0.15) is 5.82 Å². The molecule has 0 saturated carbocycles. The summed E-state index contributed by atoms with van der Waals surface area (Å²) in [6.07, 6.45) is 1.05. The minimum atomic E-state index is -0.193. The number of benzene rings is 1. The largest absolute Gasteiger partial charge is 0.375 e. The van der Waals surface area contributed by atoms with E-state index in [4.69, 9.17) is 16.3 Å². The molecule has 0 radical (unpaired) electrons. The van der Waals surface area contributed by atoms with Crippen molar-refractivity contribution in [3.63, 3.8) is 0 Å². The van der Waals surface area contributed by atoms with E-state index in [0.29, 0.717) is 28.8 Å². The summed E-state index contributed by atoms with van der Waals surface area (Å²) in [4.78, 5) is 0. The van der Waals surface area contributed by atoms with Crippen LogP contribution in [0.1, 0.15) is 26.3 Å². The van der Waals surface area contributed by atoms with Crippen molar-refractivity contribution in [2.24, 2.45) is 11.8 Å². The maximum Gasteiger partial charge on any atom is 0.126 e. The van der Waals surface area contributed by atoms with Crippen molar-refractivity contribution in [3.8, 4) is 0 Å². The molecule has 2 nitrogen and oxygen atoms in total. The minimum absolute atomic E-state index is 0.179. The molecule has 1 aromatic rings. The molecular weight excluding hydrogens is 277 g/mol. The van der Waals surface area contributed by atoms with Crippen LogP contribution in [0.3, 0.4) is 0 Å². The summed E-state index contributed by atoms with van der Waals surface area (Å²) in [7, 11) is 1.93. The number of likely N-dealkylation sites (N-methyl/N-ethyl adjacent to an activating group) is 1. The third kappa shape index (κ3) is 3.16. The van der Waals surface area contributed by atoms with Crippen molar-refractivity contribution in [2.75, 3.05) is 7.05 Å². The Morgan fingerprint density at radius 2 is 2.00 bits per heavy atom. The van der Waals surface area contributed by atoms with Crippen molar-refractivity contribution in [2.45, 2.75) is 45.4 Å². The molecule has 1 saturated heterocycles. The van der Waals surface area contributed by atoms with Crippen LogP contribution in [0.25, 0.3) is 0 Å². The smallest absolute Gasteiger partial charge is 0.126 e. The molecule has 0 aromatic heterocycles. The first kappa shape index (κ1) is 15.7. The van der Waals surface area contributed by atoms with Gasteiger partial charge in [-0.3, -0.25) is 0 Å². The zero-order valence-electron chi connectivity index (χ0n) is 12.5. The Morgan fingerprint density at radius 1 is 1.30 bits per heavy atom. The van der Waals surface area contributed by atoms with E-state index in [9.17, 15) is 4.39 Å². The maximum absolute atomic E-state index is 13.9. The summed E-state index contributed by atoms with van der Waals surface area (Å²) in [6, 6.07) is 4.92. The molecule has 1 N–H and O–H groups in total. The van der Waals surface area contributed by atoms with Gasteiger partial charge in [-0.2, -0.15) is 0 Å². The van der Waals surface area contributed by atoms with Gasteiger partial charge in [-0.1, -0.05) is 18.5 Å². The van der Waals surface area contributed by atoms with Gasteiger partial charge >= 0.3 is 0 Å². The van der Waals surface area contributed by atoms with Gasteiger partial charge in [-0.05, 0) is 57.0 Å². The van der Waals surface area contributed by atoms with Gasteiger partial charge in [0.25, 0.3) is 0 Å². The lowest BCUT2D eigenvalue weighted by molar-refractivity contribution is 0.0478. The van der Waals surface area contributed by atoms with Crippen LogP contribution in [-0.2, 0) is 11.2 Å². The first-order chi connectivity index (χ1) is 9.43. The average molecular weight is 300 g/mol. The third-order valence-electron chi connectivity index (χ3n) is 4.60. The number of halogens is 2. The lowest BCUT2D eigenvalue weighted by atomic mass is 9.81. The molecule has 1 heterocycles. The Balaban J connectivity index is 2.19. The SMILES string of the molecule is CNC(Cc1cc(Cl)ccc1F)C1C(C)OC(C)C1C. The van der Waals surface area contributed by atoms with Crippen LogP contribution < -0.4 is 5.32 Å². The lowest BCUT2D eigenvalue weighted by Gasteiger charge is -2.29. The van der Waals surface area contributed by atoms with Gasteiger partial charge < -0.3 is 10.1 Å². The van der Waals surface area contributed by atoms with Crippen LogP contribution in [0.2, 0.25) is 5.02 Å². The number of hydrogen-bond donors (Lipinski definition) is 1. The fourth-order valence-electron chi connectivity index (χ4n) is 3.35. The second kappa shape index (κ2) is 6.42. The Hall–Kier alpha value is -0.640. The van der Waals surface area contributed by atoms with Gasteiger partial charge in [0, 0.05) is 17.0 Å². The minimum Gasteiger partial charge on any atom is -0.375 e. The van der Waals surface area contributed by atoms with E-state index < -0.39 is 0 Å². The third-order valence-corrected chi connectivity index (χ3v) is 4.84. The zero-order valence-corrected chi connectivity index (χ0v) is 13.2. The molecule has 1 aliphatic heterocycles. The topological polar surface area (TPSA) is 21.3 Å². The monoisotopic (exact) mass is 299 g/mol. The first-order valence-electron chi connectivity index (χ1n) is 7.20. The molecule has 112 valence electrons. The van der Waals surface area contributed by atoms with Gasteiger partial charge in [-0.15, -0.1) is 0 Å². The van der Waals surface area contributed by atoms with E-state index in [1.165, 1.54) is 6.07 Å². The molecule has 0 bridgehead atoms. The molecular formula is C16H23ClFNO. The summed E-state index contributed by atoms with van der Waals surface area (Å²) >= 11 is 5.97. The summed E-state index contributed by atoms with van der Waals surface area (Å²) in [5, 5.41) is 3.91. The normalized spacial score (nSPS) is 31.5. The molecule has 1 fully saturated rings. The summed E-state index contributed by atoms with van der Waals surface area (Å²) in [5.41, 5.74) is 0.663. The van der Waals surface area contributed by atoms with Crippen molar-refractivity contribution < 1.29 is 9.13 Å². The van der Waals surface area contributed by atoms with Crippen molar-refractivity contribution in [1.29, 1.82) is 0 Å². The highest BCUT2D eigenvalue weighted by molar-refractivity contribution is 6.30. The van der Waals surface area contributed by atoms with Crippen LogP contribution in [0.15, 0.2) is 18.2 Å². The van der Waals surface area contributed by atoms with Crippen molar-refractivity contribution >= 4 is 11.6 Å². The van der Waals surface area contributed by atoms with Crippen LogP contribution >= 0.6 is 11.6 Å². The summed E-state index contributed by atoms with van der Waals surface area (Å²) in [5.74, 6) is 0.625. The number of hydrogen-bond acceptors (Lipinski definition) is 2. The Morgan fingerprint density at radius 3 is 2.55 bits per heavy atom. The fraction of sp³-hybridized carbons (Fsp3) is 0.625. The molecule has 0 amide bonds. The van der Waals surface area contributed by atoms with E-state index in [1.54, 1.807) is 12.1 Å². The Bertz CT molecular complexity index is 468. The quantitative estimate of drug-likeness (QED) is 0.916. The predicted molar refractivity (Wildman–Crippen MR) is 80.6 cm³/mol. The number of ether oxygens (including phenoxy) is 1. The average Bonchev–Trinajstić information content (AvgIpc) is 2.65. The van der Waals surface area contributed by atoms with Crippen molar-refractivity contribution in [1.82, 2.24) is 5.32 Å². The molecule has 5 unspecified atom stereocenters. The van der Waals surface area contributed by atoms with Gasteiger partial charge in [-0.25, -0.2) is 4.39 Å². The molecule has 20 heavy (non-hydrogen) atoms. The number of nitrogens with one attached hydrogen (secondary N) is 1. The highest BCUT2D eigenvalue weighted by Crippen LogP contribution is 2.35. The van der Waals surface area contributed by atoms with Gasteiger partial charge in [0.15, 0.2) is 0 Å². The summed E-state index contributed by atoms with van der Waals surface area (Å²) < 4.78 is 19.8. The van der Waals surface area contributed by atoms with Crippen molar-refractivity contribution in [3.05, 3.63) is 34.6 Å². The Labute approximate surface area is 125 Å². The van der Waals surface area contributed by atoms with Crippen LogP contribution in [0, 0.1) is 17.7 Å². The molecule has 0 spiro atoms. The van der Waals surface area contributed by atoms with Gasteiger partial charge in [0.2, 0.25) is 0 Å². The van der Waals surface area contributed by atoms with E-state index in [-0.39, 0.29) is 24.1 Å². The van der Waals surface area contributed by atoms with Crippen LogP contribution in [-0.4, -0.2) is 25.3 Å². The molecule has 2 rings (SSSR count). The zero-order chi connectivity index (χ0) is 14.9. The van der Waals surface area contributed by atoms with E-state index >= 15 is 0 Å². The second-order valence-electron chi connectivity index (χ2n) is 5.82. The fourth-order valence-corrected chi connectivity index (χ4v) is 3.55. The van der Waals surface area contributed by atoms with Gasteiger partial charge in [0.05, 0.1) is 12.2 Å². The van der Waals surface area contributed by atoms with E-state index in [2.05, 4.69) is 26.1 Å². The van der Waals surface area contributed by atoms with E-state index in [0.717, 1.165) is 0 Å². The van der Waals surface area contributed by atoms with E-state index in [1.807, 2.05) is 7.05 Å².